The predicted octanol–water partition coefficient (Wildman–Crippen LogP) is 10.5. The zero-order valence-electron chi connectivity index (χ0n) is 33.6. The van der Waals surface area contributed by atoms with Crippen molar-refractivity contribution in [1.29, 1.82) is 0 Å². The van der Waals surface area contributed by atoms with Gasteiger partial charge in [0.05, 0.1) is 40.1 Å². The van der Waals surface area contributed by atoms with Crippen molar-refractivity contribution in [3.05, 3.63) is 207 Å². The summed E-state index contributed by atoms with van der Waals surface area (Å²) < 4.78 is 40.6. The van der Waals surface area contributed by atoms with Crippen molar-refractivity contribution in [3.8, 4) is 5.75 Å². The highest BCUT2D eigenvalue weighted by Crippen LogP contribution is 2.43. The van der Waals surface area contributed by atoms with Gasteiger partial charge in [0.25, 0.3) is 0 Å². The van der Waals surface area contributed by atoms with E-state index in [0.29, 0.717) is 33.0 Å². The first-order chi connectivity index (χ1) is 28.6. The van der Waals surface area contributed by atoms with Gasteiger partial charge in [0.1, 0.15) is 36.3 Å². The van der Waals surface area contributed by atoms with Gasteiger partial charge < -0.3 is 28.4 Å². The van der Waals surface area contributed by atoms with Gasteiger partial charge in [-0.05, 0) is 100 Å². The topological polar surface area (TPSA) is 55.4 Å². The average molecular weight is 775 g/mol. The van der Waals surface area contributed by atoms with Crippen molar-refractivity contribution >= 4 is 0 Å². The largest absolute Gasteiger partial charge is 0.497 e. The fourth-order valence-corrected chi connectivity index (χ4v) is 8.53. The summed E-state index contributed by atoms with van der Waals surface area (Å²) in [4.78, 5) is 0. The molecular formula is C52H54O6. The number of benzene rings is 6. The number of ether oxygens (including phenoxy) is 6. The Morgan fingerprint density at radius 1 is 0.534 bits per heavy atom. The second-order valence-electron chi connectivity index (χ2n) is 15.5. The van der Waals surface area contributed by atoms with Crippen molar-refractivity contribution in [1.82, 2.24) is 0 Å². The molecule has 1 saturated heterocycles. The maximum atomic E-state index is 7.40. The van der Waals surface area contributed by atoms with Crippen LogP contribution in [-0.2, 0) is 69.4 Å². The number of rotatable bonds is 17. The summed E-state index contributed by atoms with van der Waals surface area (Å²) in [7, 11) is 1.71. The summed E-state index contributed by atoms with van der Waals surface area (Å²) in [6.07, 6.45) is 1.70. The molecule has 0 bridgehead atoms. The van der Waals surface area contributed by atoms with Gasteiger partial charge in [-0.1, -0.05) is 140 Å². The Morgan fingerprint density at radius 2 is 1.03 bits per heavy atom. The van der Waals surface area contributed by atoms with Crippen LogP contribution in [0.1, 0.15) is 68.2 Å². The van der Waals surface area contributed by atoms with Gasteiger partial charge in [-0.2, -0.15) is 0 Å². The van der Waals surface area contributed by atoms with Gasteiger partial charge in [0.2, 0.25) is 0 Å². The standard InChI is InChI=1S/C52H54O6/c1-37-45-24-15-25-46(45)43(30-38-26-28-44(53-2)29-27-38)31-47(37)49-51(56-34-41-20-11-5-12-21-41)52(57-35-42-22-13-6-14-23-42)50(55-33-40-18-9-4-10-19-40)48(58-49)36-54-32-39-16-7-3-8-17-39/h3-14,16-23,26-29,31,48-52H,15,24-25,30,32-36H2,1-2H3/t48-,49+,50-,51+,52+/m1/s1. The molecule has 298 valence electrons. The average Bonchev–Trinajstić information content (AvgIpc) is 3.79. The Morgan fingerprint density at radius 3 is 1.59 bits per heavy atom. The van der Waals surface area contributed by atoms with E-state index in [2.05, 4.69) is 97.9 Å². The van der Waals surface area contributed by atoms with Gasteiger partial charge in [0, 0.05) is 0 Å². The first-order valence-electron chi connectivity index (χ1n) is 20.6. The quantitative estimate of drug-likeness (QED) is 0.0920. The summed E-state index contributed by atoms with van der Waals surface area (Å²) in [5.41, 5.74) is 12.3. The summed E-state index contributed by atoms with van der Waals surface area (Å²) in [5, 5.41) is 0. The van der Waals surface area contributed by atoms with Gasteiger partial charge in [-0.3, -0.25) is 0 Å². The van der Waals surface area contributed by atoms with Crippen LogP contribution in [0.2, 0.25) is 0 Å². The SMILES string of the molecule is COc1ccc(Cc2cc([C@@H]3O[C@H](COCc4ccccc4)[C@@H](OCc4ccccc4)[C@H](OCc4ccccc4)[C@H]3OCc3ccccc3)c(C)c3c2CCC3)cc1. The molecule has 1 aliphatic carbocycles. The molecular weight excluding hydrogens is 721 g/mol. The third-order valence-electron chi connectivity index (χ3n) is 11.6. The lowest BCUT2D eigenvalue weighted by Crippen LogP contribution is -2.58. The number of methoxy groups -OCH3 is 1. The molecule has 6 aromatic carbocycles. The maximum Gasteiger partial charge on any atom is 0.118 e. The summed E-state index contributed by atoms with van der Waals surface area (Å²) >= 11 is 0. The van der Waals surface area contributed by atoms with Crippen molar-refractivity contribution in [3.63, 3.8) is 0 Å². The number of hydrogen-bond acceptors (Lipinski definition) is 6. The Kier molecular flexibility index (Phi) is 13.4. The van der Waals surface area contributed by atoms with E-state index in [9.17, 15) is 0 Å². The molecule has 0 saturated carbocycles. The molecule has 0 N–H and O–H groups in total. The lowest BCUT2D eigenvalue weighted by molar-refractivity contribution is -0.275. The minimum absolute atomic E-state index is 0.324. The van der Waals surface area contributed by atoms with Gasteiger partial charge in [0.15, 0.2) is 0 Å². The van der Waals surface area contributed by atoms with E-state index in [1.807, 2.05) is 60.7 Å². The zero-order valence-corrected chi connectivity index (χ0v) is 33.6. The molecule has 0 radical (unpaired) electrons. The molecule has 0 aromatic heterocycles. The van der Waals surface area contributed by atoms with Crippen molar-refractivity contribution < 1.29 is 28.4 Å². The molecule has 0 spiro atoms. The fourth-order valence-electron chi connectivity index (χ4n) is 8.53. The Bertz CT molecular complexity index is 2160. The van der Waals surface area contributed by atoms with E-state index >= 15 is 0 Å². The maximum absolute atomic E-state index is 7.40. The van der Waals surface area contributed by atoms with Gasteiger partial charge in [-0.25, -0.2) is 0 Å². The van der Waals surface area contributed by atoms with E-state index in [4.69, 9.17) is 28.4 Å². The van der Waals surface area contributed by atoms with Crippen LogP contribution >= 0.6 is 0 Å². The molecule has 6 aromatic rings. The van der Waals surface area contributed by atoms with Crippen molar-refractivity contribution in [2.24, 2.45) is 0 Å². The van der Waals surface area contributed by atoms with E-state index < -0.39 is 30.5 Å². The summed E-state index contributed by atoms with van der Waals surface area (Å²) in [6, 6.07) is 52.1. The second-order valence-corrected chi connectivity index (χ2v) is 15.5. The summed E-state index contributed by atoms with van der Waals surface area (Å²) in [5.74, 6) is 0.860. The minimum atomic E-state index is -0.498. The highest BCUT2D eigenvalue weighted by Gasteiger charge is 2.49. The summed E-state index contributed by atoms with van der Waals surface area (Å²) in [6.45, 7) is 4.26. The lowest BCUT2D eigenvalue weighted by atomic mass is 9.84. The molecule has 2 aliphatic rings. The second kappa shape index (κ2) is 19.6. The van der Waals surface area contributed by atoms with E-state index in [1.54, 1.807) is 7.11 Å². The minimum Gasteiger partial charge on any atom is -0.497 e. The predicted molar refractivity (Wildman–Crippen MR) is 228 cm³/mol. The number of hydrogen-bond donors (Lipinski definition) is 0. The highest BCUT2D eigenvalue weighted by atomic mass is 16.6. The highest BCUT2D eigenvalue weighted by molar-refractivity contribution is 5.51. The van der Waals surface area contributed by atoms with Crippen LogP contribution in [0.5, 0.6) is 5.75 Å². The first kappa shape index (κ1) is 39.7. The molecule has 0 unspecified atom stereocenters. The first-order valence-corrected chi connectivity index (χ1v) is 20.6. The third kappa shape index (κ3) is 9.78. The molecule has 6 nitrogen and oxygen atoms in total. The van der Waals surface area contributed by atoms with Crippen LogP contribution in [0.15, 0.2) is 152 Å². The Hall–Kier alpha value is -5.08. The van der Waals surface area contributed by atoms with Crippen molar-refractivity contribution in [2.45, 2.75) is 89.6 Å². The number of fused-ring (bicyclic) bond motifs is 1. The zero-order chi connectivity index (χ0) is 39.5. The molecule has 58 heavy (non-hydrogen) atoms. The Labute approximate surface area is 343 Å². The van der Waals surface area contributed by atoms with Crippen molar-refractivity contribution in [2.75, 3.05) is 13.7 Å². The monoisotopic (exact) mass is 774 g/mol. The molecule has 8 rings (SSSR count). The Balaban J connectivity index is 1.20. The van der Waals surface area contributed by atoms with Crippen LogP contribution in [0.3, 0.4) is 0 Å². The smallest absolute Gasteiger partial charge is 0.118 e. The third-order valence-corrected chi connectivity index (χ3v) is 11.6. The van der Waals surface area contributed by atoms with Crippen LogP contribution in [0, 0.1) is 6.92 Å². The fraction of sp³-hybridized carbons (Fsp3) is 0.308. The molecule has 1 fully saturated rings. The molecule has 1 aliphatic heterocycles. The van der Waals surface area contributed by atoms with E-state index in [1.165, 1.54) is 27.8 Å². The van der Waals surface area contributed by atoms with Crippen LogP contribution in [0.4, 0.5) is 0 Å². The van der Waals surface area contributed by atoms with E-state index in [0.717, 1.165) is 59.3 Å². The molecule has 5 atom stereocenters. The van der Waals surface area contributed by atoms with Crippen LogP contribution in [-0.4, -0.2) is 38.1 Å². The van der Waals surface area contributed by atoms with Crippen LogP contribution in [0.25, 0.3) is 0 Å². The molecule has 1 heterocycles. The van der Waals surface area contributed by atoms with Gasteiger partial charge >= 0.3 is 0 Å². The van der Waals surface area contributed by atoms with Gasteiger partial charge in [-0.15, -0.1) is 0 Å². The molecule has 0 amide bonds. The molecule has 6 heteroatoms. The lowest BCUT2D eigenvalue weighted by Gasteiger charge is -2.47. The van der Waals surface area contributed by atoms with E-state index in [-0.39, 0.29) is 0 Å². The van der Waals surface area contributed by atoms with Crippen LogP contribution < -0.4 is 4.74 Å². The normalized spacial score (nSPS) is 20.1.